The average molecular weight is 406 g/mol. The van der Waals surface area contributed by atoms with Gasteiger partial charge in [0.05, 0.1) is 18.6 Å². The Morgan fingerprint density at radius 1 is 1.10 bits per heavy atom. The summed E-state index contributed by atoms with van der Waals surface area (Å²) >= 11 is 0. The lowest BCUT2D eigenvalue weighted by Gasteiger charge is -2.29. The Hall–Kier alpha value is -3.10. The van der Waals surface area contributed by atoms with Crippen molar-refractivity contribution >= 4 is 33.8 Å². The largest absolute Gasteiger partial charge is 0.378 e. The van der Waals surface area contributed by atoms with E-state index in [2.05, 4.69) is 32.2 Å². The van der Waals surface area contributed by atoms with Crippen molar-refractivity contribution in [3.63, 3.8) is 0 Å². The highest BCUT2D eigenvalue weighted by atomic mass is 16.5. The topological polar surface area (TPSA) is 99.5 Å². The zero-order chi connectivity index (χ0) is 20.5. The number of hydrogen-bond acceptors (Lipinski definition) is 7. The number of benzene rings is 1. The van der Waals surface area contributed by atoms with Crippen molar-refractivity contribution in [1.29, 1.82) is 0 Å². The molecule has 0 saturated carbocycles. The molecule has 2 aliphatic rings. The van der Waals surface area contributed by atoms with Gasteiger partial charge in [0.2, 0.25) is 0 Å². The van der Waals surface area contributed by atoms with Crippen molar-refractivity contribution in [1.82, 2.24) is 9.97 Å². The zero-order valence-corrected chi connectivity index (χ0v) is 16.8. The van der Waals surface area contributed by atoms with E-state index in [4.69, 9.17) is 15.5 Å². The number of H-pyrrole nitrogens is 1. The van der Waals surface area contributed by atoms with Gasteiger partial charge in [0, 0.05) is 49.8 Å². The number of hydrogen-bond donors (Lipinski definition) is 3. The quantitative estimate of drug-likeness (QED) is 0.610. The van der Waals surface area contributed by atoms with Crippen LogP contribution < -0.4 is 26.4 Å². The fourth-order valence-corrected chi connectivity index (χ4v) is 4.16. The van der Waals surface area contributed by atoms with Gasteiger partial charge in [0.25, 0.3) is 5.56 Å². The summed E-state index contributed by atoms with van der Waals surface area (Å²) in [6.45, 7) is 4.95. The average Bonchev–Trinajstić information content (AvgIpc) is 3.21. The van der Waals surface area contributed by atoms with Crippen molar-refractivity contribution in [2.24, 2.45) is 5.73 Å². The van der Waals surface area contributed by atoms with Crippen LogP contribution in [-0.4, -0.2) is 55.4 Å². The van der Waals surface area contributed by atoms with Crippen molar-refractivity contribution in [2.45, 2.75) is 12.5 Å². The summed E-state index contributed by atoms with van der Waals surface area (Å²) in [6.07, 6.45) is 2.62. The molecule has 1 atom stereocenters. The van der Waals surface area contributed by atoms with Gasteiger partial charge in [-0.25, -0.2) is 4.98 Å². The lowest BCUT2D eigenvalue weighted by molar-refractivity contribution is 0.122. The molecule has 4 N–H and O–H groups in total. The van der Waals surface area contributed by atoms with Gasteiger partial charge >= 0.3 is 0 Å². The van der Waals surface area contributed by atoms with Crippen molar-refractivity contribution in [3.05, 3.63) is 52.9 Å². The molecule has 5 rings (SSSR count). The van der Waals surface area contributed by atoms with Gasteiger partial charge in [-0.15, -0.1) is 0 Å². The molecule has 4 heterocycles. The van der Waals surface area contributed by atoms with Crippen LogP contribution in [0.15, 0.2) is 47.4 Å². The number of morpholine rings is 1. The van der Waals surface area contributed by atoms with Gasteiger partial charge in [-0.05, 0) is 48.2 Å². The molecule has 0 amide bonds. The van der Waals surface area contributed by atoms with Crippen LogP contribution in [0.25, 0.3) is 10.8 Å². The number of nitrogens with zero attached hydrogens (tertiary/aromatic N) is 3. The smallest absolute Gasteiger partial charge is 0.259 e. The second-order valence-corrected chi connectivity index (χ2v) is 7.87. The zero-order valence-electron chi connectivity index (χ0n) is 16.8. The molecule has 30 heavy (non-hydrogen) atoms. The van der Waals surface area contributed by atoms with E-state index >= 15 is 0 Å². The van der Waals surface area contributed by atoms with E-state index in [1.54, 1.807) is 6.20 Å². The maximum absolute atomic E-state index is 12.5. The van der Waals surface area contributed by atoms with Crippen LogP contribution in [0.3, 0.4) is 0 Å². The Labute approximate surface area is 174 Å². The predicted octanol–water partition coefficient (Wildman–Crippen LogP) is 2.04. The van der Waals surface area contributed by atoms with Gasteiger partial charge in [0.15, 0.2) is 0 Å². The number of anilines is 4. The molecule has 156 valence electrons. The second kappa shape index (κ2) is 7.97. The first-order valence-corrected chi connectivity index (χ1v) is 10.4. The highest BCUT2D eigenvalue weighted by molar-refractivity contribution is 5.94. The van der Waals surface area contributed by atoms with Crippen LogP contribution in [0.1, 0.15) is 6.42 Å². The number of fused-ring (bicyclic) bond motifs is 1. The summed E-state index contributed by atoms with van der Waals surface area (Å²) in [5.74, 6) is 1.40. The third-order valence-corrected chi connectivity index (χ3v) is 5.80. The van der Waals surface area contributed by atoms with E-state index in [1.165, 1.54) is 5.69 Å². The number of nitrogens with two attached hydrogens (primary N) is 1. The van der Waals surface area contributed by atoms with Gasteiger partial charge in [-0.3, -0.25) is 4.79 Å². The molecule has 1 aromatic carbocycles. The Bertz CT molecular complexity index is 1090. The highest BCUT2D eigenvalue weighted by Crippen LogP contribution is 2.29. The maximum Gasteiger partial charge on any atom is 0.259 e. The van der Waals surface area contributed by atoms with Crippen molar-refractivity contribution in [2.75, 3.05) is 54.5 Å². The summed E-state index contributed by atoms with van der Waals surface area (Å²) in [5.41, 5.74) is 7.98. The van der Waals surface area contributed by atoms with Crippen LogP contribution in [0.2, 0.25) is 0 Å². The van der Waals surface area contributed by atoms with Gasteiger partial charge < -0.3 is 30.6 Å². The SMILES string of the molecule is NC1CCN(c2cc3cc[nH]c(=O)c3c(Nc3ccc(N4CCOCC4)cc3)n2)C1. The summed E-state index contributed by atoms with van der Waals surface area (Å²) < 4.78 is 5.43. The first-order valence-electron chi connectivity index (χ1n) is 10.4. The monoisotopic (exact) mass is 406 g/mol. The Morgan fingerprint density at radius 2 is 1.90 bits per heavy atom. The third kappa shape index (κ3) is 3.71. The van der Waals surface area contributed by atoms with E-state index in [0.717, 1.165) is 62.7 Å². The molecular weight excluding hydrogens is 380 g/mol. The Balaban J connectivity index is 1.47. The summed E-state index contributed by atoms with van der Waals surface area (Å²) in [6, 6.07) is 12.2. The fourth-order valence-electron chi connectivity index (χ4n) is 4.16. The molecule has 0 aliphatic carbocycles. The Kier molecular flexibility index (Phi) is 5.02. The van der Waals surface area contributed by atoms with E-state index in [0.29, 0.717) is 11.2 Å². The molecule has 0 bridgehead atoms. The normalized spacial score (nSPS) is 19.4. The van der Waals surface area contributed by atoms with Crippen LogP contribution in [0.5, 0.6) is 0 Å². The number of aromatic nitrogens is 2. The van der Waals surface area contributed by atoms with Gasteiger partial charge in [-0.1, -0.05) is 0 Å². The first kappa shape index (κ1) is 18.9. The molecule has 2 aromatic heterocycles. The van der Waals surface area contributed by atoms with Crippen LogP contribution >= 0.6 is 0 Å². The Morgan fingerprint density at radius 3 is 2.63 bits per heavy atom. The van der Waals surface area contributed by atoms with Crippen LogP contribution in [0.4, 0.5) is 23.0 Å². The van der Waals surface area contributed by atoms with E-state index < -0.39 is 0 Å². The summed E-state index contributed by atoms with van der Waals surface area (Å²) in [7, 11) is 0. The number of rotatable bonds is 4. The maximum atomic E-state index is 12.5. The lowest BCUT2D eigenvalue weighted by Crippen LogP contribution is -2.36. The summed E-state index contributed by atoms with van der Waals surface area (Å²) in [5, 5.41) is 4.78. The van der Waals surface area contributed by atoms with E-state index in [1.807, 2.05) is 24.3 Å². The van der Waals surface area contributed by atoms with E-state index in [9.17, 15) is 4.79 Å². The third-order valence-electron chi connectivity index (χ3n) is 5.80. The van der Waals surface area contributed by atoms with Crippen molar-refractivity contribution < 1.29 is 4.74 Å². The second-order valence-electron chi connectivity index (χ2n) is 7.87. The number of pyridine rings is 2. The molecule has 3 aromatic rings. The minimum atomic E-state index is -0.155. The molecule has 0 spiro atoms. The summed E-state index contributed by atoms with van der Waals surface area (Å²) in [4.78, 5) is 24.6. The first-order chi connectivity index (χ1) is 14.7. The van der Waals surface area contributed by atoms with Gasteiger partial charge in [0.1, 0.15) is 11.6 Å². The number of nitrogens with one attached hydrogen (secondary N) is 2. The van der Waals surface area contributed by atoms with Crippen LogP contribution in [-0.2, 0) is 4.74 Å². The van der Waals surface area contributed by atoms with Crippen molar-refractivity contribution in [3.8, 4) is 0 Å². The minimum absolute atomic E-state index is 0.155. The fraction of sp³-hybridized carbons (Fsp3) is 0.364. The standard InChI is InChI=1S/C22H26N6O2/c23-16-6-8-28(14-16)19-13-15-5-7-24-22(29)20(15)21(26-19)25-17-1-3-18(4-2-17)27-9-11-30-12-10-27/h1-5,7,13,16H,6,8-12,14,23H2,(H,24,29)(H,25,26). The molecule has 2 fully saturated rings. The molecule has 1 unspecified atom stereocenters. The molecule has 2 aliphatic heterocycles. The number of ether oxygens (including phenoxy) is 1. The molecule has 2 saturated heterocycles. The van der Waals surface area contributed by atoms with Crippen LogP contribution in [0, 0.1) is 0 Å². The molecule has 0 radical (unpaired) electrons. The lowest BCUT2D eigenvalue weighted by atomic mass is 10.2. The molecule has 8 heteroatoms. The van der Waals surface area contributed by atoms with E-state index in [-0.39, 0.29) is 11.6 Å². The molecule has 8 nitrogen and oxygen atoms in total. The molecular formula is C22H26N6O2. The number of aromatic amines is 1. The highest BCUT2D eigenvalue weighted by Gasteiger charge is 2.22. The van der Waals surface area contributed by atoms with Gasteiger partial charge in [-0.2, -0.15) is 0 Å². The minimum Gasteiger partial charge on any atom is -0.378 e. The predicted molar refractivity (Wildman–Crippen MR) is 120 cm³/mol.